The summed E-state index contributed by atoms with van der Waals surface area (Å²) in [6.45, 7) is 1.82. The lowest BCUT2D eigenvalue weighted by molar-refractivity contribution is -0.940. The molecule has 1 heterocycles. The number of nitrogens with zero attached hydrogens (tertiary/aromatic N) is 1. The predicted molar refractivity (Wildman–Crippen MR) is 115 cm³/mol. The molecule has 2 nitrogen and oxygen atoms in total. The van der Waals surface area contributed by atoms with Crippen molar-refractivity contribution in [2.75, 3.05) is 20.1 Å². The van der Waals surface area contributed by atoms with Crippen LogP contribution in [-0.4, -0.2) is 29.7 Å². The molecule has 1 aliphatic heterocycles. The van der Waals surface area contributed by atoms with E-state index >= 15 is 0 Å². The van der Waals surface area contributed by atoms with Crippen LogP contribution in [0.4, 0.5) is 0 Å². The topological polar surface area (TPSA) is 20.2 Å². The molecule has 28 heavy (non-hydrogen) atoms. The Bertz CT molecular complexity index is 861. The molecule has 0 spiro atoms. The highest BCUT2D eigenvalue weighted by molar-refractivity contribution is 6.30. The molecule has 3 heteroatoms. The van der Waals surface area contributed by atoms with Crippen LogP contribution >= 0.6 is 11.6 Å². The Morgan fingerprint density at radius 3 is 1.71 bits per heavy atom. The van der Waals surface area contributed by atoms with Crippen molar-refractivity contribution in [3.63, 3.8) is 0 Å². The Morgan fingerprint density at radius 2 is 1.25 bits per heavy atom. The molecule has 0 aromatic heterocycles. The summed E-state index contributed by atoms with van der Waals surface area (Å²) in [6.07, 6.45) is 1.47. The molecule has 144 valence electrons. The normalized spacial score (nSPS) is 25.0. The van der Waals surface area contributed by atoms with Gasteiger partial charge in [-0.15, -0.1) is 0 Å². The summed E-state index contributed by atoms with van der Waals surface area (Å²) in [6, 6.07) is 29.4. The first-order chi connectivity index (χ1) is 13.5. The summed E-state index contributed by atoms with van der Waals surface area (Å²) in [5.41, 5.74) is 2.85. The third-order valence-electron chi connectivity index (χ3n) is 6.31. The van der Waals surface area contributed by atoms with Gasteiger partial charge in [0.25, 0.3) is 0 Å². The number of rotatable bonds is 4. The van der Waals surface area contributed by atoms with Gasteiger partial charge in [0.15, 0.2) is 0 Å². The smallest absolute Gasteiger partial charge is 0.140 e. The molecule has 3 aromatic rings. The van der Waals surface area contributed by atoms with E-state index in [-0.39, 0.29) is 6.04 Å². The fourth-order valence-corrected chi connectivity index (χ4v) is 4.73. The number of hydrogen-bond donors (Lipinski definition) is 1. The van der Waals surface area contributed by atoms with Crippen LogP contribution in [0, 0.1) is 0 Å². The second-order valence-electron chi connectivity index (χ2n) is 8.19. The largest absolute Gasteiger partial charge is 0.385 e. The van der Waals surface area contributed by atoms with E-state index in [1.54, 1.807) is 0 Å². The lowest BCUT2D eigenvalue weighted by atomic mass is 9.81. The fourth-order valence-electron chi connectivity index (χ4n) is 4.61. The molecule has 0 atom stereocenters. The maximum Gasteiger partial charge on any atom is 0.140 e. The van der Waals surface area contributed by atoms with Crippen LogP contribution in [0.5, 0.6) is 0 Å². The molecule has 3 aromatic carbocycles. The molecule has 1 saturated heterocycles. The zero-order valence-corrected chi connectivity index (χ0v) is 17.0. The highest BCUT2D eigenvalue weighted by Gasteiger charge is 2.45. The van der Waals surface area contributed by atoms with E-state index in [4.69, 9.17) is 11.6 Å². The van der Waals surface area contributed by atoms with Gasteiger partial charge in [0.05, 0.1) is 20.1 Å². The summed E-state index contributed by atoms with van der Waals surface area (Å²) in [7, 11) is 2.33. The zero-order valence-electron chi connectivity index (χ0n) is 16.3. The molecule has 1 N–H and O–H groups in total. The molecular formula is C25H27ClNO+. The fraction of sp³-hybridized carbons (Fsp3) is 0.280. The third-order valence-corrected chi connectivity index (χ3v) is 6.56. The van der Waals surface area contributed by atoms with Crippen LogP contribution in [0.1, 0.15) is 35.6 Å². The highest BCUT2D eigenvalue weighted by Crippen LogP contribution is 2.42. The van der Waals surface area contributed by atoms with Gasteiger partial charge in [0.1, 0.15) is 11.6 Å². The van der Waals surface area contributed by atoms with Crippen LogP contribution in [0.3, 0.4) is 0 Å². The second kappa shape index (κ2) is 7.71. The Kier molecular flexibility index (Phi) is 5.29. The Balaban J connectivity index is 1.64. The quantitative estimate of drug-likeness (QED) is 0.576. The van der Waals surface area contributed by atoms with Gasteiger partial charge in [-0.25, -0.2) is 0 Å². The second-order valence-corrected chi connectivity index (χ2v) is 8.63. The van der Waals surface area contributed by atoms with Crippen LogP contribution < -0.4 is 0 Å². The van der Waals surface area contributed by atoms with E-state index in [9.17, 15) is 5.11 Å². The zero-order chi connectivity index (χ0) is 19.6. The van der Waals surface area contributed by atoms with Crippen molar-refractivity contribution >= 4 is 11.6 Å². The van der Waals surface area contributed by atoms with E-state index in [1.807, 2.05) is 24.3 Å². The van der Waals surface area contributed by atoms with Gasteiger partial charge in [-0.1, -0.05) is 84.4 Å². The number of aliphatic hydroxyl groups is 1. The van der Waals surface area contributed by atoms with Gasteiger partial charge in [0.2, 0.25) is 0 Å². The van der Waals surface area contributed by atoms with Crippen LogP contribution in [0.15, 0.2) is 84.9 Å². The maximum absolute atomic E-state index is 11.3. The number of piperidine rings is 1. The number of quaternary nitrogens is 1. The van der Waals surface area contributed by atoms with Crippen molar-refractivity contribution < 1.29 is 9.59 Å². The summed E-state index contributed by atoms with van der Waals surface area (Å²) in [4.78, 5) is 0. The first-order valence-corrected chi connectivity index (χ1v) is 10.3. The lowest BCUT2D eigenvalue weighted by Gasteiger charge is -2.49. The number of benzene rings is 3. The molecular weight excluding hydrogens is 366 g/mol. The predicted octanol–water partition coefficient (Wildman–Crippen LogP) is 5.56. The third kappa shape index (κ3) is 3.73. The molecule has 0 amide bonds. The highest BCUT2D eigenvalue weighted by atomic mass is 35.5. The van der Waals surface area contributed by atoms with E-state index in [0.717, 1.165) is 36.0 Å². The van der Waals surface area contributed by atoms with Gasteiger partial charge in [-0.05, 0) is 17.7 Å². The van der Waals surface area contributed by atoms with Gasteiger partial charge >= 0.3 is 0 Å². The average molecular weight is 393 g/mol. The van der Waals surface area contributed by atoms with E-state index in [0.29, 0.717) is 5.02 Å². The minimum absolute atomic E-state index is 0.261. The average Bonchev–Trinajstić information content (AvgIpc) is 2.73. The van der Waals surface area contributed by atoms with Crippen LogP contribution in [0.25, 0.3) is 0 Å². The summed E-state index contributed by atoms with van der Waals surface area (Å²) in [5, 5.41) is 12.0. The molecule has 1 fully saturated rings. The van der Waals surface area contributed by atoms with Gasteiger partial charge < -0.3 is 9.59 Å². The SMILES string of the molecule is C[N+]1(C(c2ccccc2)c2ccccc2)CCC(O)(c2ccc(Cl)cc2)CC1. The van der Waals surface area contributed by atoms with E-state index in [1.165, 1.54) is 11.1 Å². The summed E-state index contributed by atoms with van der Waals surface area (Å²) < 4.78 is 0.893. The molecule has 0 unspecified atom stereocenters. The molecule has 0 bridgehead atoms. The number of halogens is 1. The Morgan fingerprint density at radius 1 is 0.786 bits per heavy atom. The number of hydrogen-bond acceptors (Lipinski definition) is 1. The standard InChI is InChI=1S/C25H27ClNO/c1-27(18-16-25(28,17-19-27)22-12-14-23(26)15-13-22)24(20-8-4-2-5-9-20)21-10-6-3-7-11-21/h2-15,24,28H,16-19H2,1H3/q+1. The van der Waals surface area contributed by atoms with Gasteiger partial charge in [-0.2, -0.15) is 0 Å². The monoisotopic (exact) mass is 392 g/mol. The molecule has 0 saturated carbocycles. The van der Waals surface area contributed by atoms with E-state index in [2.05, 4.69) is 67.7 Å². The first kappa shape index (κ1) is 19.2. The Labute approximate surface area is 172 Å². The molecule has 0 radical (unpaired) electrons. The molecule has 0 aliphatic carbocycles. The number of likely N-dealkylation sites (tertiary alicyclic amines) is 1. The van der Waals surface area contributed by atoms with Gasteiger partial charge in [0, 0.05) is 29.0 Å². The van der Waals surface area contributed by atoms with Gasteiger partial charge in [-0.3, -0.25) is 0 Å². The molecule has 1 aliphatic rings. The Hall–Kier alpha value is -2.13. The van der Waals surface area contributed by atoms with Crippen molar-refractivity contribution in [3.05, 3.63) is 107 Å². The van der Waals surface area contributed by atoms with Crippen molar-refractivity contribution in [1.82, 2.24) is 0 Å². The van der Waals surface area contributed by atoms with Crippen LogP contribution in [-0.2, 0) is 5.60 Å². The van der Waals surface area contributed by atoms with Crippen LogP contribution in [0.2, 0.25) is 5.02 Å². The van der Waals surface area contributed by atoms with Crippen molar-refractivity contribution in [3.8, 4) is 0 Å². The van der Waals surface area contributed by atoms with E-state index < -0.39 is 5.60 Å². The first-order valence-electron chi connectivity index (χ1n) is 9.93. The molecule has 4 rings (SSSR count). The summed E-state index contributed by atoms with van der Waals surface area (Å²) in [5.74, 6) is 0. The van der Waals surface area contributed by atoms with Crippen molar-refractivity contribution in [1.29, 1.82) is 0 Å². The minimum Gasteiger partial charge on any atom is -0.385 e. The van der Waals surface area contributed by atoms with Crippen molar-refractivity contribution in [2.45, 2.75) is 24.5 Å². The minimum atomic E-state index is -0.778. The maximum atomic E-state index is 11.3. The summed E-state index contributed by atoms with van der Waals surface area (Å²) >= 11 is 6.03. The van der Waals surface area contributed by atoms with Crippen molar-refractivity contribution in [2.24, 2.45) is 0 Å². The lowest BCUT2D eigenvalue weighted by Crippen LogP contribution is -2.55.